The SMILES string of the molecule is CC(C)c1ccc(N=NN2CCCC2)c(-c2ccc(-c3cc(C(C)C)ccc3N=NN3CCCC3)cc2)c1. The Balaban J connectivity index is 1.49. The summed E-state index contributed by atoms with van der Waals surface area (Å²) in [5.74, 6) is 0.889. The minimum atomic E-state index is 0.444. The van der Waals surface area contributed by atoms with Gasteiger partial charge in [0.05, 0.1) is 11.4 Å². The molecule has 2 fully saturated rings. The molecule has 0 atom stereocenters. The Morgan fingerprint density at radius 3 is 1.24 bits per heavy atom. The van der Waals surface area contributed by atoms with Crippen LogP contribution in [0.15, 0.2) is 81.3 Å². The van der Waals surface area contributed by atoms with Gasteiger partial charge < -0.3 is 0 Å². The van der Waals surface area contributed by atoms with E-state index in [-0.39, 0.29) is 0 Å². The molecule has 0 saturated carbocycles. The van der Waals surface area contributed by atoms with Crippen molar-refractivity contribution in [3.63, 3.8) is 0 Å². The van der Waals surface area contributed by atoms with Crippen molar-refractivity contribution in [3.8, 4) is 22.3 Å². The molecule has 6 nitrogen and oxygen atoms in total. The van der Waals surface area contributed by atoms with Crippen molar-refractivity contribution in [2.75, 3.05) is 26.2 Å². The Hall–Kier alpha value is -3.54. The molecular weight excluding hydrogens is 468 g/mol. The molecule has 0 amide bonds. The van der Waals surface area contributed by atoms with Crippen LogP contribution in [-0.2, 0) is 0 Å². The monoisotopic (exact) mass is 508 g/mol. The number of benzene rings is 3. The van der Waals surface area contributed by atoms with Crippen LogP contribution < -0.4 is 0 Å². The highest BCUT2D eigenvalue weighted by Gasteiger charge is 2.14. The molecule has 0 spiro atoms. The van der Waals surface area contributed by atoms with Gasteiger partial charge in [-0.2, -0.15) is 0 Å². The number of hydrogen-bond donors (Lipinski definition) is 0. The molecule has 3 aromatic rings. The first-order valence-electron chi connectivity index (χ1n) is 14.2. The molecule has 0 aromatic heterocycles. The van der Waals surface area contributed by atoms with Gasteiger partial charge in [-0.1, -0.05) is 74.5 Å². The number of rotatable bonds is 8. The average molecular weight is 509 g/mol. The molecular formula is C32H40N6. The standard InChI is InChI=1S/C32H40N6/c1-23(2)27-13-15-31(33-35-37-17-5-6-18-37)29(21-27)25-9-11-26(12-10-25)30-22-28(24(3)4)14-16-32(30)34-36-38-19-7-8-20-38/h9-16,21-24H,5-8,17-20H2,1-4H3. The highest BCUT2D eigenvalue weighted by atomic mass is 15.5. The fourth-order valence-electron chi connectivity index (χ4n) is 5.09. The molecule has 38 heavy (non-hydrogen) atoms. The summed E-state index contributed by atoms with van der Waals surface area (Å²) in [5, 5.41) is 22.6. The zero-order valence-electron chi connectivity index (χ0n) is 23.3. The third kappa shape index (κ3) is 6.12. The van der Waals surface area contributed by atoms with Gasteiger partial charge in [0.2, 0.25) is 0 Å². The summed E-state index contributed by atoms with van der Waals surface area (Å²) in [5.41, 5.74) is 8.97. The molecule has 3 aromatic carbocycles. The third-order valence-electron chi connectivity index (χ3n) is 7.60. The Morgan fingerprint density at radius 2 is 0.895 bits per heavy atom. The fraction of sp³-hybridized carbons (Fsp3) is 0.438. The maximum atomic E-state index is 4.67. The van der Waals surface area contributed by atoms with Gasteiger partial charge in [-0.3, -0.25) is 10.0 Å². The van der Waals surface area contributed by atoms with Crippen molar-refractivity contribution >= 4 is 11.4 Å². The van der Waals surface area contributed by atoms with E-state index in [0.717, 1.165) is 59.8 Å². The minimum absolute atomic E-state index is 0.444. The van der Waals surface area contributed by atoms with E-state index in [1.165, 1.54) is 36.8 Å². The normalized spacial score (nSPS) is 16.3. The topological polar surface area (TPSA) is 55.9 Å². The molecule has 2 saturated heterocycles. The van der Waals surface area contributed by atoms with E-state index in [2.05, 4.69) is 119 Å². The van der Waals surface area contributed by atoms with Crippen molar-refractivity contribution in [1.29, 1.82) is 0 Å². The van der Waals surface area contributed by atoms with Crippen LogP contribution in [0.1, 0.15) is 76.3 Å². The van der Waals surface area contributed by atoms with Crippen molar-refractivity contribution < 1.29 is 0 Å². The quantitative estimate of drug-likeness (QED) is 0.284. The predicted molar refractivity (Wildman–Crippen MR) is 156 cm³/mol. The lowest BCUT2D eigenvalue weighted by Gasteiger charge is -2.14. The van der Waals surface area contributed by atoms with Gasteiger partial charge in [0.15, 0.2) is 0 Å². The van der Waals surface area contributed by atoms with E-state index in [0.29, 0.717) is 11.8 Å². The van der Waals surface area contributed by atoms with Gasteiger partial charge in [-0.25, -0.2) is 0 Å². The summed E-state index contributed by atoms with van der Waals surface area (Å²) in [6.07, 6.45) is 4.77. The lowest BCUT2D eigenvalue weighted by atomic mass is 9.93. The Morgan fingerprint density at radius 1 is 0.526 bits per heavy atom. The molecule has 2 aliphatic heterocycles. The molecule has 0 N–H and O–H groups in total. The Kier molecular flexibility index (Phi) is 8.16. The van der Waals surface area contributed by atoms with Crippen LogP contribution in [0.3, 0.4) is 0 Å². The first-order chi connectivity index (χ1) is 18.5. The first-order valence-corrected chi connectivity index (χ1v) is 14.2. The predicted octanol–water partition coefficient (Wildman–Crippen LogP) is 9.46. The van der Waals surface area contributed by atoms with Crippen LogP contribution in [0, 0.1) is 0 Å². The molecule has 2 aliphatic rings. The van der Waals surface area contributed by atoms with Gasteiger partial charge in [-0.05, 0) is 84.0 Å². The van der Waals surface area contributed by atoms with Crippen molar-refractivity contribution in [3.05, 3.63) is 71.8 Å². The van der Waals surface area contributed by atoms with Crippen LogP contribution in [0.25, 0.3) is 22.3 Å². The number of nitrogens with zero attached hydrogens (tertiary/aromatic N) is 6. The lowest BCUT2D eigenvalue weighted by Crippen LogP contribution is -2.09. The van der Waals surface area contributed by atoms with Crippen LogP contribution in [0.2, 0.25) is 0 Å². The van der Waals surface area contributed by atoms with Crippen LogP contribution in [0.5, 0.6) is 0 Å². The molecule has 0 unspecified atom stereocenters. The van der Waals surface area contributed by atoms with E-state index in [9.17, 15) is 0 Å². The van der Waals surface area contributed by atoms with E-state index >= 15 is 0 Å². The molecule has 5 rings (SSSR count). The highest BCUT2D eigenvalue weighted by Crippen LogP contribution is 2.38. The van der Waals surface area contributed by atoms with Crippen molar-refractivity contribution in [1.82, 2.24) is 10.0 Å². The summed E-state index contributed by atoms with van der Waals surface area (Å²) in [7, 11) is 0. The second-order valence-corrected chi connectivity index (χ2v) is 11.1. The minimum Gasteiger partial charge on any atom is -0.278 e. The summed E-state index contributed by atoms with van der Waals surface area (Å²) >= 11 is 0. The molecule has 198 valence electrons. The molecule has 0 bridgehead atoms. The highest BCUT2D eigenvalue weighted by molar-refractivity contribution is 5.81. The first kappa shape index (κ1) is 26.1. The number of hydrogen-bond acceptors (Lipinski definition) is 4. The average Bonchev–Trinajstić information content (AvgIpc) is 3.65. The van der Waals surface area contributed by atoms with Gasteiger partial charge in [-0.15, -0.1) is 10.2 Å². The summed E-state index contributed by atoms with van der Waals surface area (Å²) in [6, 6.07) is 21.9. The van der Waals surface area contributed by atoms with Crippen LogP contribution in [0.4, 0.5) is 11.4 Å². The molecule has 0 aliphatic carbocycles. The van der Waals surface area contributed by atoms with Gasteiger partial charge in [0.25, 0.3) is 0 Å². The maximum absolute atomic E-state index is 4.67. The summed E-state index contributed by atoms with van der Waals surface area (Å²) in [4.78, 5) is 0. The van der Waals surface area contributed by atoms with Crippen LogP contribution >= 0.6 is 0 Å². The maximum Gasteiger partial charge on any atom is 0.0952 e. The third-order valence-corrected chi connectivity index (χ3v) is 7.60. The lowest BCUT2D eigenvalue weighted by molar-refractivity contribution is 0.337. The zero-order valence-corrected chi connectivity index (χ0v) is 23.3. The largest absolute Gasteiger partial charge is 0.278 e. The van der Waals surface area contributed by atoms with E-state index < -0.39 is 0 Å². The fourth-order valence-corrected chi connectivity index (χ4v) is 5.09. The van der Waals surface area contributed by atoms with E-state index in [1.807, 2.05) is 0 Å². The molecule has 2 heterocycles. The van der Waals surface area contributed by atoms with Gasteiger partial charge in [0, 0.05) is 37.3 Å². The van der Waals surface area contributed by atoms with Crippen molar-refractivity contribution in [2.24, 2.45) is 20.7 Å². The summed E-state index contributed by atoms with van der Waals surface area (Å²) in [6.45, 7) is 12.9. The van der Waals surface area contributed by atoms with Gasteiger partial charge >= 0.3 is 0 Å². The molecule has 0 radical (unpaired) electrons. The molecule has 6 heteroatoms. The second kappa shape index (κ2) is 11.9. The van der Waals surface area contributed by atoms with E-state index in [4.69, 9.17) is 0 Å². The summed E-state index contributed by atoms with van der Waals surface area (Å²) < 4.78 is 0. The zero-order chi connectivity index (χ0) is 26.5. The van der Waals surface area contributed by atoms with Gasteiger partial charge in [0.1, 0.15) is 0 Å². The second-order valence-electron chi connectivity index (χ2n) is 11.1. The smallest absolute Gasteiger partial charge is 0.0952 e. The van der Waals surface area contributed by atoms with E-state index in [1.54, 1.807) is 0 Å². The van der Waals surface area contributed by atoms with Crippen molar-refractivity contribution in [2.45, 2.75) is 65.2 Å². The Labute approximate surface area is 227 Å². The van der Waals surface area contributed by atoms with Crippen LogP contribution in [-0.4, -0.2) is 36.2 Å². The Bertz CT molecular complexity index is 1180.